The summed E-state index contributed by atoms with van der Waals surface area (Å²) in [5.74, 6) is -1.97. The fourth-order valence-corrected chi connectivity index (χ4v) is 2.26. The highest BCUT2D eigenvalue weighted by atomic mass is 32.1. The number of carbonyl (C=O) groups excluding carboxylic acids is 3. The fraction of sp³-hybridized carbons (Fsp3) is 0.273. The summed E-state index contributed by atoms with van der Waals surface area (Å²) in [7, 11) is 0. The highest BCUT2D eigenvalue weighted by molar-refractivity contribution is 7.12. The lowest BCUT2D eigenvalue weighted by Gasteiger charge is -2.09. The second-order valence-corrected chi connectivity index (χ2v) is 5.23. The quantitative estimate of drug-likeness (QED) is 0.715. The molecule has 25 heavy (non-hydrogen) atoms. The molecule has 0 unspecified atom stereocenters. The third-order valence-corrected chi connectivity index (χ3v) is 3.35. The van der Waals surface area contributed by atoms with Gasteiger partial charge in [-0.15, -0.1) is 16.4 Å². The number of alkyl halides is 3. The second kappa shape index (κ2) is 7.69. The molecule has 0 radical (unpaired) electrons. The zero-order valence-corrected chi connectivity index (χ0v) is 12.9. The lowest BCUT2D eigenvalue weighted by Crippen LogP contribution is -2.44. The molecule has 14 heteroatoms. The molecule has 2 aromatic heterocycles. The van der Waals surface area contributed by atoms with Crippen LogP contribution in [0.4, 0.5) is 18.0 Å². The highest BCUT2D eigenvalue weighted by Crippen LogP contribution is 2.20. The number of hydrogen-bond donors (Lipinski definition) is 2. The molecule has 0 bridgehead atoms. The van der Waals surface area contributed by atoms with Gasteiger partial charge in [0, 0.05) is 0 Å². The summed E-state index contributed by atoms with van der Waals surface area (Å²) in [6.07, 6.45) is -3.37. The van der Waals surface area contributed by atoms with Crippen LogP contribution < -0.4 is 10.6 Å². The molecule has 0 saturated carbocycles. The summed E-state index contributed by atoms with van der Waals surface area (Å²) in [5.41, 5.74) is 0.323. The van der Waals surface area contributed by atoms with E-state index in [9.17, 15) is 27.6 Å². The van der Waals surface area contributed by atoms with E-state index in [1.54, 1.807) is 16.8 Å². The minimum absolute atomic E-state index is 0.0987. The average Bonchev–Trinajstić information content (AvgIpc) is 3.20. The van der Waals surface area contributed by atoms with Crippen molar-refractivity contribution >= 4 is 29.2 Å². The minimum Gasteiger partial charge on any atom is -0.451 e. The molecule has 0 aliphatic carbocycles. The van der Waals surface area contributed by atoms with Crippen molar-refractivity contribution in [3.63, 3.8) is 0 Å². The Balaban J connectivity index is 1.83. The molecule has 0 atom stereocenters. The molecule has 0 aromatic carbocycles. The summed E-state index contributed by atoms with van der Waals surface area (Å²) >= 11 is 1.01. The smallest absolute Gasteiger partial charge is 0.405 e. The number of nitrogens with zero attached hydrogens (tertiary/aromatic N) is 4. The Kier molecular flexibility index (Phi) is 5.63. The van der Waals surface area contributed by atoms with Crippen LogP contribution in [-0.2, 0) is 9.53 Å². The van der Waals surface area contributed by atoms with Crippen LogP contribution >= 0.6 is 11.3 Å². The molecule has 2 heterocycles. The normalized spacial score (nSPS) is 11.0. The van der Waals surface area contributed by atoms with Crippen LogP contribution in [0.2, 0.25) is 0 Å². The summed E-state index contributed by atoms with van der Waals surface area (Å²) in [4.78, 5) is 34.5. The Morgan fingerprint density at radius 3 is 2.72 bits per heavy atom. The highest BCUT2D eigenvalue weighted by Gasteiger charge is 2.28. The van der Waals surface area contributed by atoms with Crippen molar-refractivity contribution in [2.75, 3.05) is 13.2 Å². The molecule has 3 amide bonds. The van der Waals surface area contributed by atoms with Gasteiger partial charge in [-0.25, -0.2) is 9.59 Å². The van der Waals surface area contributed by atoms with Gasteiger partial charge in [0.2, 0.25) is 0 Å². The van der Waals surface area contributed by atoms with Crippen LogP contribution in [0.1, 0.15) is 9.67 Å². The van der Waals surface area contributed by atoms with Gasteiger partial charge >= 0.3 is 18.2 Å². The van der Waals surface area contributed by atoms with Gasteiger partial charge < -0.3 is 10.1 Å². The van der Waals surface area contributed by atoms with Gasteiger partial charge in [-0.05, 0) is 21.9 Å². The SMILES string of the molecule is O=C(COC(=O)c1sccc1-n1cnnn1)NC(=O)NCC(F)(F)F. The van der Waals surface area contributed by atoms with Crippen molar-refractivity contribution in [2.45, 2.75) is 6.18 Å². The molecular weight excluding hydrogens is 369 g/mol. The number of ether oxygens (including phenoxy) is 1. The third kappa shape index (κ3) is 5.52. The third-order valence-electron chi connectivity index (χ3n) is 2.46. The molecular formula is C11H9F3N6O4S. The predicted octanol–water partition coefficient (Wildman–Crippen LogP) is 0.269. The van der Waals surface area contributed by atoms with Gasteiger partial charge in [-0.2, -0.15) is 17.9 Å². The van der Waals surface area contributed by atoms with Crippen LogP contribution in [0.25, 0.3) is 5.69 Å². The van der Waals surface area contributed by atoms with Crippen molar-refractivity contribution in [3.8, 4) is 5.69 Å². The summed E-state index contributed by atoms with van der Waals surface area (Å²) in [5, 5.41) is 15.0. The van der Waals surface area contributed by atoms with Crippen LogP contribution in [0.3, 0.4) is 0 Å². The van der Waals surface area contributed by atoms with Crippen LogP contribution in [0.5, 0.6) is 0 Å². The van der Waals surface area contributed by atoms with E-state index in [1.165, 1.54) is 16.3 Å². The lowest BCUT2D eigenvalue weighted by atomic mass is 10.4. The molecule has 2 aromatic rings. The molecule has 10 nitrogen and oxygen atoms in total. The number of urea groups is 1. The Hall–Kier alpha value is -3.03. The summed E-state index contributed by atoms with van der Waals surface area (Å²) < 4.78 is 41.6. The van der Waals surface area contributed by atoms with Gasteiger partial charge in [0.15, 0.2) is 6.61 Å². The first kappa shape index (κ1) is 18.3. The molecule has 2 N–H and O–H groups in total. The van der Waals surface area contributed by atoms with Gasteiger partial charge in [0.05, 0.1) is 5.69 Å². The number of halogens is 3. The Morgan fingerprint density at radius 2 is 2.08 bits per heavy atom. The molecule has 0 fully saturated rings. The number of nitrogens with one attached hydrogen (secondary N) is 2. The van der Waals surface area contributed by atoms with Crippen molar-refractivity contribution in [2.24, 2.45) is 0 Å². The van der Waals surface area contributed by atoms with E-state index < -0.39 is 37.2 Å². The van der Waals surface area contributed by atoms with Crippen LogP contribution in [0.15, 0.2) is 17.8 Å². The summed E-state index contributed by atoms with van der Waals surface area (Å²) in [6, 6.07) is 0.186. The van der Waals surface area contributed by atoms with E-state index in [2.05, 4.69) is 15.5 Å². The number of tetrazole rings is 1. The van der Waals surface area contributed by atoms with Crippen molar-refractivity contribution in [3.05, 3.63) is 22.7 Å². The number of carbonyl (C=O) groups is 3. The first-order valence-electron chi connectivity index (χ1n) is 6.38. The van der Waals surface area contributed by atoms with E-state index in [4.69, 9.17) is 4.74 Å². The zero-order chi connectivity index (χ0) is 18.4. The predicted molar refractivity (Wildman–Crippen MR) is 74.9 cm³/mol. The van der Waals surface area contributed by atoms with Crippen molar-refractivity contribution in [1.29, 1.82) is 0 Å². The average molecular weight is 378 g/mol. The minimum atomic E-state index is -4.61. The van der Waals surface area contributed by atoms with Gasteiger partial charge in [-0.1, -0.05) is 0 Å². The van der Waals surface area contributed by atoms with E-state index in [-0.39, 0.29) is 4.88 Å². The largest absolute Gasteiger partial charge is 0.451 e. The van der Waals surface area contributed by atoms with Crippen molar-refractivity contribution < 1.29 is 32.3 Å². The summed E-state index contributed by atoms with van der Waals surface area (Å²) in [6.45, 7) is -2.46. The first-order valence-corrected chi connectivity index (χ1v) is 7.26. The number of hydrogen-bond acceptors (Lipinski definition) is 8. The molecule has 0 saturated heterocycles. The molecule has 0 spiro atoms. The number of imide groups is 1. The Bertz CT molecular complexity index is 760. The zero-order valence-electron chi connectivity index (χ0n) is 12.1. The topological polar surface area (TPSA) is 128 Å². The monoisotopic (exact) mass is 378 g/mol. The number of amides is 3. The van der Waals surface area contributed by atoms with Crippen LogP contribution in [-0.4, -0.2) is 57.4 Å². The van der Waals surface area contributed by atoms with E-state index in [0.29, 0.717) is 5.69 Å². The standard InChI is InChI=1S/C11H9F3N6O4S/c12-11(13,14)4-15-10(23)17-7(21)3-24-9(22)8-6(1-2-25-8)20-5-16-18-19-20/h1-2,5H,3-4H2,(H2,15,17,21,23). The van der Waals surface area contributed by atoms with Gasteiger partial charge in [-0.3, -0.25) is 10.1 Å². The van der Waals surface area contributed by atoms with E-state index in [1.807, 2.05) is 0 Å². The van der Waals surface area contributed by atoms with Gasteiger partial charge in [0.25, 0.3) is 5.91 Å². The van der Waals surface area contributed by atoms with Gasteiger partial charge in [0.1, 0.15) is 17.7 Å². The molecule has 0 aliphatic rings. The maximum Gasteiger partial charge on any atom is 0.405 e. The first-order chi connectivity index (χ1) is 11.8. The molecule has 2 rings (SSSR count). The Labute approximate surface area is 140 Å². The van der Waals surface area contributed by atoms with E-state index in [0.717, 1.165) is 11.3 Å². The Morgan fingerprint density at radius 1 is 1.32 bits per heavy atom. The number of thiophene rings is 1. The number of aromatic nitrogens is 4. The number of rotatable bonds is 5. The van der Waals surface area contributed by atoms with E-state index >= 15 is 0 Å². The number of esters is 1. The lowest BCUT2D eigenvalue weighted by molar-refractivity contribution is -0.125. The molecule has 0 aliphatic heterocycles. The van der Waals surface area contributed by atoms with Crippen molar-refractivity contribution in [1.82, 2.24) is 30.8 Å². The second-order valence-electron chi connectivity index (χ2n) is 4.31. The molecule has 134 valence electrons. The maximum absolute atomic E-state index is 11.9. The van der Waals surface area contributed by atoms with Crippen LogP contribution in [0, 0.1) is 0 Å². The maximum atomic E-state index is 11.9. The fourth-order valence-electron chi connectivity index (χ4n) is 1.49.